The van der Waals surface area contributed by atoms with Crippen LogP contribution in [0.5, 0.6) is 23.0 Å². The van der Waals surface area contributed by atoms with Crippen molar-refractivity contribution < 1.29 is 39.5 Å². The van der Waals surface area contributed by atoms with Crippen LogP contribution in [0.3, 0.4) is 0 Å². The molecule has 0 heterocycles. The highest BCUT2D eigenvalue weighted by Crippen LogP contribution is 2.27. The molecule has 8 heteroatoms. The lowest BCUT2D eigenvalue weighted by atomic mass is 10.0. The summed E-state index contributed by atoms with van der Waals surface area (Å²) in [4.78, 5) is 25.4. The summed E-state index contributed by atoms with van der Waals surface area (Å²) in [6.45, 7) is 2.48. The van der Waals surface area contributed by atoms with Gasteiger partial charge in [0, 0.05) is 12.5 Å². The molecule has 46 heavy (non-hydrogen) atoms. The predicted molar refractivity (Wildman–Crippen MR) is 182 cm³/mol. The third kappa shape index (κ3) is 17.1. The summed E-state index contributed by atoms with van der Waals surface area (Å²) in [5, 5.41) is 38.5. The Labute approximate surface area is 275 Å². The maximum Gasteiger partial charge on any atom is 0.347 e. The molecule has 1 atom stereocenters. The number of esters is 2. The normalized spacial score (nSPS) is 11.9. The SMILES string of the molecule is CCCCCCCCCCCCCCCCCCCCOC(=O)[C@@H](Cc1ccc(O)c(O)c1)OC(=O)/C=C/c1ccc(O)c(O)c1. The fourth-order valence-electron chi connectivity index (χ4n) is 5.34. The number of hydrogen-bond donors (Lipinski definition) is 4. The van der Waals surface area contributed by atoms with Gasteiger partial charge in [0.25, 0.3) is 0 Å². The minimum absolute atomic E-state index is 0.0502. The second kappa shape index (κ2) is 23.6. The molecule has 2 aromatic carbocycles. The van der Waals surface area contributed by atoms with Gasteiger partial charge in [-0.05, 0) is 47.9 Å². The molecule has 0 aliphatic rings. The summed E-state index contributed by atoms with van der Waals surface area (Å²) in [7, 11) is 0. The first-order chi connectivity index (χ1) is 22.3. The third-order valence-electron chi connectivity index (χ3n) is 8.14. The molecule has 8 nitrogen and oxygen atoms in total. The summed E-state index contributed by atoms with van der Waals surface area (Å²) in [6.07, 6.45) is 24.0. The molecule has 0 amide bonds. The van der Waals surface area contributed by atoms with E-state index < -0.39 is 18.0 Å². The molecule has 0 bridgehead atoms. The van der Waals surface area contributed by atoms with Crippen LogP contribution in [0.2, 0.25) is 0 Å². The molecule has 0 spiro atoms. The first-order valence-electron chi connectivity index (χ1n) is 17.4. The van der Waals surface area contributed by atoms with E-state index in [9.17, 15) is 30.0 Å². The van der Waals surface area contributed by atoms with Crippen molar-refractivity contribution in [2.75, 3.05) is 6.61 Å². The lowest BCUT2D eigenvalue weighted by molar-refractivity contribution is -0.165. The van der Waals surface area contributed by atoms with Gasteiger partial charge in [0.2, 0.25) is 6.10 Å². The van der Waals surface area contributed by atoms with E-state index in [1.165, 1.54) is 139 Å². The highest BCUT2D eigenvalue weighted by molar-refractivity contribution is 5.89. The average molecular weight is 641 g/mol. The summed E-state index contributed by atoms with van der Waals surface area (Å²) in [6, 6.07) is 8.19. The lowest BCUT2D eigenvalue weighted by Crippen LogP contribution is -2.31. The van der Waals surface area contributed by atoms with Gasteiger partial charge in [0.15, 0.2) is 23.0 Å². The molecular formula is C38H56O8. The molecule has 2 rings (SSSR count). The van der Waals surface area contributed by atoms with Gasteiger partial charge < -0.3 is 29.9 Å². The Morgan fingerprint density at radius 3 is 1.61 bits per heavy atom. The Balaban J connectivity index is 1.63. The Morgan fingerprint density at radius 1 is 0.630 bits per heavy atom. The van der Waals surface area contributed by atoms with Crippen LogP contribution in [0.1, 0.15) is 134 Å². The van der Waals surface area contributed by atoms with Crippen LogP contribution in [0, 0.1) is 0 Å². The Hall–Kier alpha value is -3.68. The van der Waals surface area contributed by atoms with Crippen molar-refractivity contribution in [3.05, 3.63) is 53.6 Å². The van der Waals surface area contributed by atoms with Gasteiger partial charge in [-0.25, -0.2) is 9.59 Å². The van der Waals surface area contributed by atoms with Gasteiger partial charge >= 0.3 is 11.9 Å². The Bertz CT molecular complexity index is 1180. The average Bonchev–Trinajstić information content (AvgIpc) is 3.04. The molecule has 0 radical (unpaired) electrons. The summed E-state index contributed by atoms with van der Waals surface area (Å²) in [5.74, 6) is -2.75. The number of carbonyl (C=O) groups is 2. The van der Waals surface area contributed by atoms with Crippen molar-refractivity contribution in [1.29, 1.82) is 0 Å². The van der Waals surface area contributed by atoms with E-state index >= 15 is 0 Å². The van der Waals surface area contributed by atoms with E-state index in [0.717, 1.165) is 25.3 Å². The number of hydrogen-bond acceptors (Lipinski definition) is 8. The van der Waals surface area contributed by atoms with Gasteiger partial charge in [0.1, 0.15) is 0 Å². The first kappa shape index (κ1) is 38.5. The van der Waals surface area contributed by atoms with Crippen LogP contribution in [0.15, 0.2) is 42.5 Å². The second-order valence-corrected chi connectivity index (χ2v) is 12.2. The lowest BCUT2D eigenvalue weighted by Gasteiger charge is -2.16. The van der Waals surface area contributed by atoms with Gasteiger partial charge in [-0.15, -0.1) is 0 Å². The van der Waals surface area contributed by atoms with Gasteiger partial charge in [0.05, 0.1) is 6.61 Å². The fourth-order valence-corrected chi connectivity index (χ4v) is 5.34. The minimum atomic E-state index is -1.26. The first-order valence-corrected chi connectivity index (χ1v) is 17.4. The monoisotopic (exact) mass is 640 g/mol. The molecule has 2 aromatic rings. The molecule has 256 valence electrons. The van der Waals surface area contributed by atoms with Crippen LogP contribution in [0.4, 0.5) is 0 Å². The van der Waals surface area contributed by atoms with E-state index in [4.69, 9.17) is 9.47 Å². The quantitative estimate of drug-likeness (QED) is 0.0365. The van der Waals surface area contributed by atoms with Crippen molar-refractivity contribution in [2.24, 2.45) is 0 Å². The van der Waals surface area contributed by atoms with Crippen LogP contribution >= 0.6 is 0 Å². The molecule has 0 fully saturated rings. The zero-order chi connectivity index (χ0) is 33.4. The number of aromatic hydroxyl groups is 4. The number of carbonyl (C=O) groups excluding carboxylic acids is 2. The summed E-state index contributed by atoms with van der Waals surface area (Å²) in [5.41, 5.74) is 0.926. The largest absolute Gasteiger partial charge is 0.504 e. The molecule has 0 aliphatic carbocycles. The second-order valence-electron chi connectivity index (χ2n) is 12.2. The Morgan fingerprint density at radius 2 is 1.11 bits per heavy atom. The van der Waals surface area contributed by atoms with E-state index in [0.29, 0.717) is 11.1 Å². The molecule has 0 unspecified atom stereocenters. The highest BCUT2D eigenvalue weighted by atomic mass is 16.6. The maximum atomic E-state index is 12.9. The van der Waals surface area contributed by atoms with Crippen LogP contribution < -0.4 is 0 Å². The van der Waals surface area contributed by atoms with Gasteiger partial charge in [-0.3, -0.25) is 0 Å². The standard InChI is InChI=1S/C38H56O8/c1-2-3-4-5-6-7-8-9-10-11-12-13-14-15-16-17-18-19-26-45-38(44)36(29-31-21-24-33(40)35(42)28-31)46-37(43)25-22-30-20-23-32(39)34(41)27-30/h20-25,27-28,36,39-42H,2-19,26,29H2,1H3/b25-22+/t36-/m1/s1. The van der Waals surface area contributed by atoms with E-state index in [1.807, 2.05) is 0 Å². The van der Waals surface area contributed by atoms with Crippen molar-refractivity contribution in [3.8, 4) is 23.0 Å². The van der Waals surface area contributed by atoms with Gasteiger partial charge in [-0.2, -0.15) is 0 Å². The summed E-state index contributed by atoms with van der Waals surface area (Å²) >= 11 is 0. The van der Waals surface area contributed by atoms with Crippen molar-refractivity contribution in [1.82, 2.24) is 0 Å². The van der Waals surface area contributed by atoms with E-state index in [-0.39, 0.29) is 36.0 Å². The smallest absolute Gasteiger partial charge is 0.347 e. The third-order valence-corrected chi connectivity index (χ3v) is 8.14. The number of phenolic OH excluding ortho intramolecular Hbond substituents is 4. The van der Waals surface area contributed by atoms with E-state index in [1.54, 1.807) is 0 Å². The predicted octanol–water partition coefficient (Wildman–Crippen LogP) is 9.26. The highest BCUT2D eigenvalue weighted by Gasteiger charge is 2.25. The van der Waals surface area contributed by atoms with Crippen molar-refractivity contribution >= 4 is 18.0 Å². The molecule has 0 saturated carbocycles. The number of benzene rings is 2. The maximum absolute atomic E-state index is 12.9. The molecule has 0 aliphatic heterocycles. The van der Waals surface area contributed by atoms with Crippen LogP contribution in [0.25, 0.3) is 6.08 Å². The molecule has 4 N–H and O–H groups in total. The van der Waals surface area contributed by atoms with Crippen LogP contribution in [-0.4, -0.2) is 45.1 Å². The molecular weight excluding hydrogens is 584 g/mol. The minimum Gasteiger partial charge on any atom is -0.504 e. The van der Waals surface area contributed by atoms with Crippen molar-refractivity contribution in [2.45, 2.75) is 135 Å². The van der Waals surface area contributed by atoms with Crippen LogP contribution in [-0.2, 0) is 25.5 Å². The fraction of sp³-hybridized carbons (Fsp3) is 0.579. The number of phenols is 4. The van der Waals surface area contributed by atoms with E-state index in [2.05, 4.69) is 6.92 Å². The zero-order valence-corrected chi connectivity index (χ0v) is 27.8. The number of rotatable bonds is 25. The van der Waals surface area contributed by atoms with Crippen molar-refractivity contribution in [3.63, 3.8) is 0 Å². The zero-order valence-electron chi connectivity index (χ0n) is 27.8. The van der Waals surface area contributed by atoms with Gasteiger partial charge in [-0.1, -0.05) is 128 Å². The number of ether oxygens (including phenoxy) is 2. The molecule has 0 saturated heterocycles. The summed E-state index contributed by atoms with van der Waals surface area (Å²) < 4.78 is 10.8. The Kier molecular flexibility index (Phi) is 19.8. The molecule has 0 aromatic heterocycles. The topological polar surface area (TPSA) is 134 Å². The number of unbranched alkanes of at least 4 members (excludes halogenated alkanes) is 17.